The van der Waals surface area contributed by atoms with Gasteiger partial charge in [0.25, 0.3) is 0 Å². The molecule has 0 atom stereocenters. The molecule has 34 heavy (non-hydrogen) atoms. The zero-order chi connectivity index (χ0) is 23.3. The van der Waals surface area contributed by atoms with E-state index in [9.17, 15) is 5.11 Å². The highest BCUT2D eigenvalue weighted by Crippen LogP contribution is 2.23. The number of phenolic OH excluding ortho intramolecular Hbond substituents is 1. The lowest BCUT2D eigenvalue weighted by molar-refractivity contribution is 0.473. The topological polar surface area (TPSA) is 121 Å². The molecule has 2 aromatic heterocycles. The summed E-state index contributed by atoms with van der Waals surface area (Å²) < 4.78 is 0. The fourth-order valence-corrected chi connectivity index (χ4v) is 3.58. The number of hydrogen-bond donors (Lipinski definition) is 3. The second-order valence-electron chi connectivity index (χ2n) is 7.59. The number of fused-ring (bicyclic) bond motifs is 2. The molecule has 0 unspecified atom stereocenters. The molecule has 3 N–H and O–H groups in total. The molecule has 5 aromatic rings. The van der Waals surface area contributed by atoms with Crippen molar-refractivity contribution in [2.45, 2.75) is 6.92 Å². The molecule has 0 aliphatic heterocycles. The van der Waals surface area contributed by atoms with Crippen molar-refractivity contribution in [3.8, 4) is 5.75 Å². The lowest BCUT2D eigenvalue weighted by Gasteiger charge is -2.07. The first-order chi connectivity index (χ1) is 16.7. The van der Waals surface area contributed by atoms with Crippen LogP contribution in [0.4, 0.5) is 11.6 Å². The Morgan fingerprint density at radius 2 is 1.21 bits per heavy atom. The largest absolute Gasteiger partial charge is 0.507 e. The molecule has 0 amide bonds. The van der Waals surface area contributed by atoms with Gasteiger partial charge in [-0.05, 0) is 24.6 Å². The lowest BCUT2D eigenvalue weighted by Crippen LogP contribution is -1.99. The van der Waals surface area contributed by atoms with E-state index in [1.165, 1.54) is 12.4 Å². The molecule has 0 saturated heterocycles. The number of hydrogen-bond acceptors (Lipinski definition) is 9. The van der Waals surface area contributed by atoms with Crippen molar-refractivity contribution in [1.82, 2.24) is 20.4 Å². The average Bonchev–Trinajstić information content (AvgIpc) is 2.87. The summed E-state index contributed by atoms with van der Waals surface area (Å²) in [6, 6.07) is 19.2. The monoisotopic (exact) mass is 448 g/mol. The van der Waals surface area contributed by atoms with E-state index >= 15 is 0 Å². The Kier molecular flexibility index (Phi) is 5.73. The normalized spacial score (nSPS) is 11.6. The summed E-state index contributed by atoms with van der Waals surface area (Å²) in [6.45, 7) is 1.93. The van der Waals surface area contributed by atoms with Crippen LogP contribution >= 0.6 is 0 Å². The highest BCUT2D eigenvalue weighted by molar-refractivity contribution is 5.95. The van der Waals surface area contributed by atoms with Crippen LogP contribution in [0.1, 0.15) is 16.7 Å². The molecule has 0 aliphatic rings. The van der Waals surface area contributed by atoms with Crippen LogP contribution in [0.15, 0.2) is 83.3 Å². The van der Waals surface area contributed by atoms with Gasteiger partial charge in [0.2, 0.25) is 0 Å². The summed E-state index contributed by atoms with van der Waals surface area (Å²) in [7, 11) is 0. The number of aromatic hydroxyl groups is 1. The molecule has 0 bridgehead atoms. The summed E-state index contributed by atoms with van der Waals surface area (Å²) >= 11 is 0. The lowest BCUT2D eigenvalue weighted by atomic mass is 10.1. The molecule has 3 aromatic carbocycles. The summed E-state index contributed by atoms with van der Waals surface area (Å²) in [6.07, 6.45) is 6.46. The first-order valence-corrected chi connectivity index (χ1v) is 10.5. The molecule has 0 spiro atoms. The van der Waals surface area contributed by atoms with Gasteiger partial charge in [0.15, 0.2) is 11.6 Å². The number of rotatable bonds is 6. The van der Waals surface area contributed by atoms with Gasteiger partial charge in [0, 0.05) is 32.7 Å². The van der Waals surface area contributed by atoms with Crippen molar-refractivity contribution in [3.63, 3.8) is 0 Å². The minimum Gasteiger partial charge on any atom is -0.507 e. The highest BCUT2D eigenvalue weighted by Gasteiger charge is 2.07. The number of aryl methyl sites for hydroxylation is 1. The first kappa shape index (κ1) is 21.0. The van der Waals surface area contributed by atoms with Crippen molar-refractivity contribution in [3.05, 3.63) is 89.7 Å². The molecule has 0 fully saturated rings. The second-order valence-corrected chi connectivity index (χ2v) is 7.59. The van der Waals surface area contributed by atoms with E-state index in [-0.39, 0.29) is 5.75 Å². The molecule has 2 heterocycles. The van der Waals surface area contributed by atoms with Gasteiger partial charge in [-0.15, -0.1) is 10.2 Å². The minimum absolute atomic E-state index is 0.0507. The van der Waals surface area contributed by atoms with Crippen LogP contribution in [0.25, 0.3) is 21.5 Å². The number of hydrazone groups is 2. The molecule has 166 valence electrons. The van der Waals surface area contributed by atoms with Gasteiger partial charge < -0.3 is 5.11 Å². The molecule has 9 nitrogen and oxygen atoms in total. The first-order valence-electron chi connectivity index (χ1n) is 10.5. The van der Waals surface area contributed by atoms with Crippen LogP contribution in [0, 0.1) is 6.92 Å². The van der Waals surface area contributed by atoms with Gasteiger partial charge in [0.05, 0.1) is 24.8 Å². The van der Waals surface area contributed by atoms with Crippen LogP contribution in [0.3, 0.4) is 0 Å². The van der Waals surface area contributed by atoms with Gasteiger partial charge in [0.1, 0.15) is 5.75 Å². The zero-order valence-electron chi connectivity index (χ0n) is 18.2. The Balaban J connectivity index is 1.36. The SMILES string of the molecule is Cc1cc(/C=N/Nc2nncc3ccccc23)c(O)c(/C=N/Nc2nncc3ccccc23)c1. The van der Waals surface area contributed by atoms with Crippen molar-refractivity contribution in [2.75, 3.05) is 10.9 Å². The molecular formula is C25H20N8O. The summed E-state index contributed by atoms with van der Waals surface area (Å²) in [5.74, 6) is 1.11. The zero-order valence-corrected chi connectivity index (χ0v) is 18.2. The van der Waals surface area contributed by atoms with E-state index in [4.69, 9.17) is 0 Å². The van der Waals surface area contributed by atoms with E-state index in [1.807, 2.05) is 67.6 Å². The average molecular weight is 448 g/mol. The van der Waals surface area contributed by atoms with Gasteiger partial charge >= 0.3 is 0 Å². The fraction of sp³-hybridized carbons (Fsp3) is 0.0400. The number of nitrogens with zero attached hydrogens (tertiary/aromatic N) is 6. The van der Waals surface area contributed by atoms with E-state index in [0.29, 0.717) is 22.8 Å². The standard InChI is InChI=1S/C25H20N8O/c1-16-10-19(14-28-32-24-21-8-4-2-6-17(21)12-26-30-24)23(34)20(11-16)15-29-33-25-22-9-5-3-7-18(22)13-27-31-25/h2-15,34H,1H3,(H,30,32)(H,31,33)/b28-14+,29-15+. The second kappa shape index (κ2) is 9.29. The van der Waals surface area contributed by atoms with Crippen LogP contribution in [-0.4, -0.2) is 37.9 Å². The maximum atomic E-state index is 10.8. The molecule has 9 heteroatoms. The predicted octanol–water partition coefficient (Wildman–Crippen LogP) is 4.48. The Morgan fingerprint density at radius 3 is 1.71 bits per heavy atom. The van der Waals surface area contributed by atoms with E-state index in [1.54, 1.807) is 12.4 Å². The van der Waals surface area contributed by atoms with Gasteiger partial charge in [-0.3, -0.25) is 10.9 Å². The van der Waals surface area contributed by atoms with Crippen molar-refractivity contribution < 1.29 is 5.11 Å². The van der Waals surface area contributed by atoms with Crippen LogP contribution < -0.4 is 10.9 Å². The highest BCUT2D eigenvalue weighted by atomic mass is 16.3. The van der Waals surface area contributed by atoms with E-state index in [2.05, 4.69) is 41.4 Å². The van der Waals surface area contributed by atoms with Gasteiger partial charge in [-0.1, -0.05) is 48.5 Å². The van der Waals surface area contributed by atoms with Crippen molar-refractivity contribution in [1.29, 1.82) is 0 Å². The maximum absolute atomic E-state index is 10.8. The number of aromatic nitrogens is 4. The minimum atomic E-state index is 0.0507. The molecule has 0 radical (unpaired) electrons. The maximum Gasteiger partial charge on any atom is 0.176 e. The summed E-state index contributed by atoms with van der Waals surface area (Å²) in [5, 5.41) is 39.2. The van der Waals surface area contributed by atoms with Gasteiger partial charge in [-0.25, -0.2) is 0 Å². The Morgan fingerprint density at radius 1 is 0.735 bits per heavy atom. The molecule has 0 saturated carbocycles. The number of phenols is 1. The third-order valence-corrected chi connectivity index (χ3v) is 5.20. The Labute approximate surface area is 194 Å². The molecule has 0 aliphatic carbocycles. The summed E-state index contributed by atoms with van der Waals surface area (Å²) in [4.78, 5) is 0. The van der Waals surface area contributed by atoms with E-state index in [0.717, 1.165) is 27.1 Å². The quantitative estimate of drug-likeness (QED) is 0.259. The summed E-state index contributed by atoms with van der Waals surface area (Å²) in [5.41, 5.74) is 7.82. The third-order valence-electron chi connectivity index (χ3n) is 5.20. The van der Waals surface area contributed by atoms with Crippen LogP contribution in [0.5, 0.6) is 5.75 Å². The predicted molar refractivity (Wildman–Crippen MR) is 134 cm³/mol. The Bertz CT molecular complexity index is 1420. The fourth-order valence-electron chi connectivity index (χ4n) is 3.58. The molecule has 5 rings (SSSR count). The van der Waals surface area contributed by atoms with Crippen LogP contribution in [-0.2, 0) is 0 Å². The number of benzene rings is 3. The van der Waals surface area contributed by atoms with Crippen molar-refractivity contribution in [2.24, 2.45) is 10.2 Å². The van der Waals surface area contributed by atoms with E-state index < -0.39 is 0 Å². The van der Waals surface area contributed by atoms with Gasteiger partial charge in [-0.2, -0.15) is 20.4 Å². The number of anilines is 2. The Hall–Kier alpha value is -4.92. The number of nitrogens with one attached hydrogen (secondary N) is 2. The van der Waals surface area contributed by atoms with Crippen molar-refractivity contribution >= 4 is 45.6 Å². The smallest absolute Gasteiger partial charge is 0.176 e. The molecular weight excluding hydrogens is 428 g/mol. The third kappa shape index (κ3) is 4.35. The van der Waals surface area contributed by atoms with Crippen LogP contribution in [0.2, 0.25) is 0 Å².